The number of carbonyl (C=O) groups is 1. The molecule has 1 atom stereocenters. The second-order valence-corrected chi connectivity index (χ2v) is 7.61. The number of nitrogens with zero attached hydrogens (tertiary/aromatic N) is 1. The number of aryl methyl sites for hydroxylation is 1. The van der Waals surface area contributed by atoms with Crippen LogP contribution in [0.2, 0.25) is 0 Å². The van der Waals surface area contributed by atoms with E-state index in [0.717, 1.165) is 18.7 Å². The number of rotatable bonds is 4. The molecule has 1 aliphatic rings. The molecule has 0 N–H and O–H groups in total. The van der Waals surface area contributed by atoms with Crippen LogP contribution in [0.4, 0.5) is 0 Å². The van der Waals surface area contributed by atoms with Crippen LogP contribution >= 0.6 is 22.7 Å². The molecule has 1 amide bonds. The predicted octanol–water partition coefficient (Wildman–Crippen LogP) is 4.51. The number of furan rings is 1. The topological polar surface area (TPSA) is 33.5 Å². The summed E-state index contributed by atoms with van der Waals surface area (Å²) in [7, 11) is 0. The van der Waals surface area contributed by atoms with E-state index in [0.29, 0.717) is 12.8 Å². The maximum Gasteiger partial charge on any atom is 0.223 e. The zero-order chi connectivity index (χ0) is 15.6. The van der Waals surface area contributed by atoms with E-state index < -0.39 is 0 Å². The van der Waals surface area contributed by atoms with Crippen molar-refractivity contribution in [3.63, 3.8) is 0 Å². The van der Waals surface area contributed by atoms with Crippen molar-refractivity contribution in [2.75, 3.05) is 6.54 Å². The van der Waals surface area contributed by atoms with Crippen LogP contribution in [-0.2, 0) is 17.6 Å². The normalized spacial score (nSPS) is 17.2. The Hall–Kier alpha value is -1.85. The van der Waals surface area contributed by atoms with Crippen molar-refractivity contribution in [1.29, 1.82) is 0 Å². The highest BCUT2D eigenvalue weighted by atomic mass is 32.1. The van der Waals surface area contributed by atoms with Crippen LogP contribution in [0.15, 0.2) is 51.8 Å². The average molecular weight is 343 g/mol. The summed E-state index contributed by atoms with van der Waals surface area (Å²) >= 11 is 3.53. The molecule has 0 saturated carbocycles. The molecule has 118 valence electrons. The van der Waals surface area contributed by atoms with Gasteiger partial charge in [0, 0.05) is 29.1 Å². The van der Waals surface area contributed by atoms with Crippen molar-refractivity contribution in [1.82, 2.24) is 4.90 Å². The van der Waals surface area contributed by atoms with Gasteiger partial charge in [-0.3, -0.25) is 4.79 Å². The van der Waals surface area contributed by atoms with Crippen LogP contribution in [0, 0.1) is 0 Å². The SMILES string of the molecule is O=C(CCc1ccco1)N1CCc2sccc2[C@@H]1c1cccs1. The summed E-state index contributed by atoms with van der Waals surface area (Å²) in [5, 5.41) is 4.23. The number of amides is 1. The lowest BCUT2D eigenvalue weighted by atomic mass is 9.98. The first-order valence-corrected chi connectivity index (χ1v) is 9.50. The van der Waals surface area contributed by atoms with Gasteiger partial charge in [-0.1, -0.05) is 6.07 Å². The van der Waals surface area contributed by atoms with Gasteiger partial charge in [-0.2, -0.15) is 0 Å². The van der Waals surface area contributed by atoms with Crippen molar-refractivity contribution in [2.24, 2.45) is 0 Å². The number of carbonyl (C=O) groups excluding carboxylic acids is 1. The Balaban J connectivity index is 1.58. The Labute approximate surface area is 143 Å². The summed E-state index contributed by atoms with van der Waals surface area (Å²) < 4.78 is 5.35. The molecule has 5 heteroatoms. The van der Waals surface area contributed by atoms with E-state index in [9.17, 15) is 4.79 Å². The summed E-state index contributed by atoms with van der Waals surface area (Å²) in [6.07, 6.45) is 3.78. The molecule has 1 aliphatic heterocycles. The fourth-order valence-corrected chi connectivity index (χ4v) is 4.93. The van der Waals surface area contributed by atoms with Gasteiger partial charge in [-0.15, -0.1) is 22.7 Å². The summed E-state index contributed by atoms with van der Waals surface area (Å²) in [5.41, 5.74) is 1.30. The predicted molar refractivity (Wildman–Crippen MR) is 92.9 cm³/mol. The Kier molecular flexibility index (Phi) is 4.06. The molecule has 0 saturated heterocycles. The molecule has 3 aromatic heterocycles. The maximum absolute atomic E-state index is 12.8. The van der Waals surface area contributed by atoms with Gasteiger partial charge >= 0.3 is 0 Å². The Morgan fingerprint density at radius 1 is 1.22 bits per heavy atom. The molecule has 0 aliphatic carbocycles. The Morgan fingerprint density at radius 2 is 2.17 bits per heavy atom. The second kappa shape index (κ2) is 6.34. The minimum atomic E-state index is 0.0779. The van der Waals surface area contributed by atoms with Crippen LogP contribution < -0.4 is 0 Å². The lowest BCUT2D eigenvalue weighted by molar-refractivity contribution is -0.133. The van der Waals surface area contributed by atoms with Gasteiger partial charge in [0.15, 0.2) is 0 Å². The zero-order valence-corrected chi connectivity index (χ0v) is 14.2. The van der Waals surface area contributed by atoms with Crippen molar-refractivity contribution in [3.8, 4) is 0 Å². The van der Waals surface area contributed by atoms with E-state index in [4.69, 9.17) is 4.42 Å². The van der Waals surface area contributed by atoms with Crippen LogP contribution in [0.3, 0.4) is 0 Å². The molecule has 23 heavy (non-hydrogen) atoms. The van der Waals surface area contributed by atoms with Gasteiger partial charge in [-0.05, 0) is 47.0 Å². The number of thiophene rings is 2. The summed E-state index contributed by atoms with van der Waals surface area (Å²) in [4.78, 5) is 17.5. The molecule has 0 aromatic carbocycles. The third-order valence-electron chi connectivity index (χ3n) is 4.26. The summed E-state index contributed by atoms with van der Waals surface area (Å²) in [5.74, 6) is 1.08. The molecule has 0 radical (unpaired) electrons. The van der Waals surface area contributed by atoms with Gasteiger partial charge in [0.25, 0.3) is 0 Å². The van der Waals surface area contributed by atoms with E-state index in [1.807, 2.05) is 17.0 Å². The third-order valence-corrected chi connectivity index (χ3v) is 6.19. The average Bonchev–Trinajstić information content (AvgIpc) is 3.33. The summed E-state index contributed by atoms with van der Waals surface area (Å²) in [6.45, 7) is 0.799. The Bertz CT molecular complexity index is 774. The smallest absolute Gasteiger partial charge is 0.223 e. The van der Waals surface area contributed by atoms with E-state index >= 15 is 0 Å². The lowest BCUT2D eigenvalue weighted by Gasteiger charge is -2.35. The van der Waals surface area contributed by atoms with Crippen molar-refractivity contribution >= 4 is 28.6 Å². The van der Waals surface area contributed by atoms with Crippen LogP contribution in [-0.4, -0.2) is 17.4 Å². The van der Waals surface area contributed by atoms with Gasteiger partial charge in [0.2, 0.25) is 5.91 Å². The van der Waals surface area contributed by atoms with Crippen LogP contribution in [0.25, 0.3) is 0 Å². The van der Waals surface area contributed by atoms with E-state index in [1.165, 1.54) is 15.3 Å². The molecule has 4 rings (SSSR count). The molecule has 4 heterocycles. The zero-order valence-electron chi connectivity index (χ0n) is 12.6. The fourth-order valence-electron chi connectivity index (χ4n) is 3.17. The number of fused-ring (bicyclic) bond motifs is 1. The minimum Gasteiger partial charge on any atom is -0.469 e. The van der Waals surface area contributed by atoms with Gasteiger partial charge < -0.3 is 9.32 Å². The molecule has 3 nitrogen and oxygen atoms in total. The molecular weight excluding hydrogens is 326 g/mol. The van der Waals surface area contributed by atoms with Crippen molar-refractivity contribution in [3.05, 3.63) is 68.4 Å². The van der Waals surface area contributed by atoms with Crippen LogP contribution in [0.1, 0.15) is 33.5 Å². The minimum absolute atomic E-state index is 0.0779. The molecular formula is C18H17NO2S2. The van der Waals surface area contributed by atoms with Crippen molar-refractivity contribution < 1.29 is 9.21 Å². The molecule has 0 fully saturated rings. The molecule has 0 spiro atoms. The molecule has 0 unspecified atom stereocenters. The third kappa shape index (κ3) is 2.86. The molecule has 3 aromatic rings. The largest absolute Gasteiger partial charge is 0.469 e. The highest BCUT2D eigenvalue weighted by molar-refractivity contribution is 7.10. The van der Waals surface area contributed by atoms with Crippen LogP contribution in [0.5, 0.6) is 0 Å². The highest BCUT2D eigenvalue weighted by Crippen LogP contribution is 2.39. The van der Waals surface area contributed by atoms with E-state index in [-0.39, 0.29) is 11.9 Å². The van der Waals surface area contributed by atoms with Gasteiger partial charge in [-0.25, -0.2) is 0 Å². The van der Waals surface area contributed by atoms with E-state index in [1.54, 1.807) is 28.9 Å². The highest BCUT2D eigenvalue weighted by Gasteiger charge is 2.33. The van der Waals surface area contributed by atoms with E-state index in [2.05, 4.69) is 29.0 Å². The standard InChI is InChI=1S/C18H17NO2S2/c20-17(6-5-13-3-1-10-21-13)19-9-7-15-14(8-12-23-15)18(19)16-4-2-11-22-16/h1-4,8,10-12,18H,5-7,9H2/t18-/m1/s1. The first-order valence-electron chi connectivity index (χ1n) is 7.74. The first kappa shape index (κ1) is 14.7. The van der Waals surface area contributed by atoms with Crippen molar-refractivity contribution in [2.45, 2.75) is 25.3 Å². The Morgan fingerprint density at radius 3 is 2.96 bits per heavy atom. The number of hydrogen-bond acceptors (Lipinski definition) is 4. The maximum atomic E-state index is 12.8. The molecule has 0 bridgehead atoms. The lowest BCUT2D eigenvalue weighted by Crippen LogP contribution is -2.39. The first-order chi connectivity index (χ1) is 11.3. The second-order valence-electron chi connectivity index (χ2n) is 5.63. The number of hydrogen-bond donors (Lipinski definition) is 0. The fraction of sp³-hybridized carbons (Fsp3) is 0.278. The summed E-state index contributed by atoms with van der Waals surface area (Å²) in [6, 6.07) is 10.2. The quantitative estimate of drug-likeness (QED) is 0.698. The van der Waals surface area contributed by atoms with Gasteiger partial charge in [0.1, 0.15) is 5.76 Å². The monoisotopic (exact) mass is 343 g/mol. The van der Waals surface area contributed by atoms with Gasteiger partial charge in [0.05, 0.1) is 12.3 Å².